The highest BCUT2D eigenvalue weighted by molar-refractivity contribution is 5.98. The summed E-state index contributed by atoms with van der Waals surface area (Å²) in [6, 6.07) is 15.2. The van der Waals surface area contributed by atoms with E-state index in [1.807, 2.05) is 48.7 Å². The summed E-state index contributed by atoms with van der Waals surface area (Å²) in [6.45, 7) is 7.38. The normalized spacial score (nSPS) is 11.4. The topological polar surface area (TPSA) is 91.0 Å². The van der Waals surface area contributed by atoms with Gasteiger partial charge in [-0.3, -0.25) is 4.90 Å². The van der Waals surface area contributed by atoms with Gasteiger partial charge in [0.1, 0.15) is 17.0 Å². The van der Waals surface area contributed by atoms with Crippen molar-refractivity contribution in [3.05, 3.63) is 66.5 Å². The number of pyridine rings is 1. The second kappa shape index (κ2) is 9.01. The largest absolute Gasteiger partial charge is 0.462 e. The van der Waals surface area contributed by atoms with Crippen molar-refractivity contribution >= 4 is 23.4 Å². The maximum absolute atomic E-state index is 12.8. The van der Waals surface area contributed by atoms with Gasteiger partial charge in [0.2, 0.25) is 0 Å². The van der Waals surface area contributed by atoms with Gasteiger partial charge in [0, 0.05) is 18.8 Å². The van der Waals surface area contributed by atoms with Gasteiger partial charge in [0.25, 0.3) is 0 Å². The van der Waals surface area contributed by atoms with Gasteiger partial charge in [-0.2, -0.15) is 10.2 Å². The lowest BCUT2D eigenvalue weighted by atomic mass is 10.1. The predicted octanol–water partition coefficient (Wildman–Crippen LogP) is 4.74. The Morgan fingerprint density at radius 1 is 1.09 bits per heavy atom. The Morgan fingerprint density at radius 3 is 2.50 bits per heavy atom. The summed E-state index contributed by atoms with van der Waals surface area (Å²) < 4.78 is 14.0. The number of rotatable bonds is 5. The van der Waals surface area contributed by atoms with E-state index in [-0.39, 0.29) is 6.61 Å². The van der Waals surface area contributed by atoms with Crippen LogP contribution in [0.3, 0.4) is 0 Å². The number of para-hydroxylation sites is 1. The number of aromatic nitrogens is 4. The average Bonchev–Trinajstić information content (AvgIpc) is 3.45. The molecule has 3 aromatic heterocycles. The van der Waals surface area contributed by atoms with Crippen LogP contribution in [0.4, 0.5) is 10.6 Å². The Bertz CT molecular complexity index is 1330. The van der Waals surface area contributed by atoms with Crippen molar-refractivity contribution in [3.63, 3.8) is 0 Å². The third kappa shape index (κ3) is 4.63. The first kappa shape index (κ1) is 23.0. The Kier molecular flexibility index (Phi) is 6.10. The first-order valence-corrected chi connectivity index (χ1v) is 10.9. The number of hydrogen-bond acceptors (Lipinski definition) is 6. The lowest BCUT2D eigenvalue weighted by molar-refractivity contribution is 0.0527. The molecule has 34 heavy (non-hydrogen) atoms. The minimum Gasteiger partial charge on any atom is -0.462 e. The molecule has 9 nitrogen and oxygen atoms in total. The maximum atomic E-state index is 12.8. The molecule has 0 fully saturated rings. The lowest BCUT2D eigenvalue weighted by Gasteiger charge is -2.25. The fourth-order valence-electron chi connectivity index (χ4n) is 3.45. The number of nitrogens with zero attached hydrogens (tertiary/aromatic N) is 5. The van der Waals surface area contributed by atoms with E-state index in [0.29, 0.717) is 28.2 Å². The van der Waals surface area contributed by atoms with Gasteiger partial charge >= 0.3 is 12.1 Å². The molecule has 0 atom stereocenters. The number of amides is 1. The first-order chi connectivity index (χ1) is 16.2. The Balaban J connectivity index is 1.84. The highest BCUT2D eigenvalue weighted by Gasteiger charge is 2.25. The summed E-state index contributed by atoms with van der Waals surface area (Å²) >= 11 is 0. The number of carbonyl (C=O) groups excluding carboxylic acids is 2. The highest BCUT2D eigenvalue weighted by Crippen LogP contribution is 2.29. The van der Waals surface area contributed by atoms with Crippen LogP contribution in [-0.4, -0.2) is 50.7 Å². The molecule has 4 aromatic rings. The summed E-state index contributed by atoms with van der Waals surface area (Å²) in [5.41, 5.74) is 2.41. The van der Waals surface area contributed by atoms with Crippen LogP contribution >= 0.6 is 0 Å². The fraction of sp³-hybridized carbons (Fsp3) is 0.280. The van der Waals surface area contributed by atoms with Crippen LogP contribution in [0.2, 0.25) is 0 Å². The molecule has 0 aliphatic heterocycles. The second-order valence-corrected chi connectivity index (χ2v) is 8.70. The van der Waals surface area contributed by atoms with E-state index < -0.39 is 17.7 Å². The molecule has 0 saturated carbocycles. The molecule has 0 N–H and O–H groups in total. The molecule has 3 heterocycles. The van der Waals surface area contributed by atoms with Gasteiger partial charge in [0.15, 0.2) is 0 Å². The molecule has 0 aliphatic carbocycles. The number of benzene rings is 1. The first-order valence-electron chi connectivity index (χ1n) is 10.9. The van der Waals surface area contributed by atoms with Crippen LogP contribution in [0.5, 0.6) is 0 Å². The van der Waals surface area contributed by atoms with E-state index >= 15 is 0 Å². The molecule has 0 unspecified atom stereocenters. The molecule has 9 heteroatoms. The van der Waals surface area contributed by atoms with Crippen LogP contribution in [0.25, 0.3) is 22.5 Å². The summed E-state index contributed by atoms with van der Waals surface area (Å²) in [6.07, 6.45) is 2.75. The van der Waals surface area contributed by atoms with E-state index in [2.05, 4.69) is 5.10 Å². The van der Waals surface area contributed by atoms with Crippen molar-refractivity contribution in [3.8, 4) is 16.9 Å². The molecular formula is C25H27N5O4. The number of ether oxygens (including phenoxy) is 2. The van der Waals surface area contributed by atoms with Crippen LogP contribution in [0, 0.1) is 0 Å². The zero-order chi connectivity index (χ0) is 24.5. The third-order valence-electron chi connectivity index (χ3n) is 5.01. The smallest absolute Gasteiger partial charge is 0.415 e. The summed E-state index contributed by atoms with van der Waals surface area (Å²) in [5, 5.41) is 9.04. The van der Waals surface area contributed by atoms with Crippen molar-refractivity contribution < 1.29 is 19.1 Å². The van der Waals surface area contributed by atoms with Gasteiger partial charge < -0.3 is 9.47 Å². The van der Waals surface area contributed by atoms with E-state index in [9.17, 15) is 9.59 Å². The Morgan fingerprint density at radius 2 is 1.82 bits per heavy atom. The zero-order valence-electron chi connectivity index (χ0n) is 19.8. The maximum Gasteiger partial charge on any atom is 0.415 e. The standard InChI is InChI=1S/C25H27N5O4/c1-6-33-23(31)19-16-26-30-21(19)14-17(15-22(30)28(5)24(32)34-25(2,3)4)20-12-13-29(27-20)18-10-8-7-9-11-18/h7-16H,6H2,1-5H3. The Hall–Kier alpha value is -4.14. The van der Waals surface area contributed by atoms with E-state index in [0.717, 1.165) is 5.69 Å². The molecule has 1 aromatic carbocycles. The summed E-state index contributed by atoms with van der Waals surface area (Å²) in [5.74, 6) is -0.0677. The molecule has 0 radical (unpaired) electrons. The van der Waals surface area contributed by atoms with Crippen LogP contribution in [0.15, 0.2) is 60.9 Å². The number of esters is 1. The SMILES string of the molecule is CCOC(=O)c1cnn2c(N(C)C(=O)OC(C)(C)C)cc(-c3ccn(-c4ccccc4)n3)cc12. The molecule has 176 valence electrons. The Labute approximate surface area is 197 Å². The van der Waals surface area contributed by atoms with Crippen LogP contribution in [-0.2, 0) is 9.47 Å². The van der Waals surface area contributed by atoms with Crippen LogP contribution in [0.1, 0.15) is 38.1 Å². The van der Waals surface area contributed by atoms with E-state index in [4.69, 9.17) is 14.6 Å². The van der Waals surface area contributed by atoms with Gasteiger partial charge in [-0.15, -0.1) is 0 Å². The molecule has 4 rings (SSSR count). The van der Waals surface area contributed by atoms with Gasteiger partial charge in [-0.05, 0) is 58.0 Å². The summed E-state index contributed by atoms with van der Waals surface area (Å²) in [4.78, 5) is 26.8. The predicted molar refractivity (Wildman–Crippen MR) is 128 cm³/mol. The van der Waals surface area contributed by atoms with Crippen molar-refractivity contribution in [2.45, 2.75) is 33.3 Å². The highest BCUT2D eigenvalue weighted by atomic mass is 16.6. The van der Waals surface area contributed by atoms with Crippen molar-refractivity contribution in [1.82, 2.24) is 19.4 Å². The third-order valence-corrected chi connectivity index (χ3v) is 5.01. The molecule has 1 amide bonds. The number of carbonyl (C=O) groups is 2. The van der Waals surface area contributed by atoms with E-state index in [1.165, 1.54) is 15.6 Å². The number of hydrogen-bond donors (Lipinski definition) is 0. The molecule has 0 spiro atoms. The molecule has 0 bridgehead atoms. The molecule has 0 saturated heterocycles. The van der Waals surface area contributed by atoms with Gasteiger partial charge in [-0.25, -0.2) is 18.8 Å². The van der Waals surface area contributed by atoms with Crippen molar-refractivity contribution in [1.29, 1.82) is 0 Å². The minimum atomic E-state index is -0.670. The molecule has 0 aliphatic rings. The summed E-state index contributed by atoms with van der Waals surface area (Å²) in [7, 11) is 1.60. The van der Waals surface area contributed by atoms with Crippen LogP contribution < -0.4 is 4.90 Å². The quantitative estimate of drug-likeness (QED) is 0.399. The monoisotopic (exact) mass is 461 g/mol. The van der Waals surface area contributed by atoms with Gasteiger partial charge in [-0.1, -0.05) is 18.2 Å². The van der Waals surface area contributed by atoms with Crippen molar-refractivity contribution in [2.24, 2.45) is 0 Å². The number of anilines is 1. The minimum absolute atomic E-state index is 0.238. The average molecular weight is 462 g/mol. The number of fused-ring (bicyclic) bond motifs is 1. The van der Waals surface area contributed by atoms with Crippen molar-refractivity contribution in [2.75, 3.05) is 18.6 Å². The zero-order valence-corrected chi connectivity index (χ0v) is 19.8. The second-order valence-electron chi connectivity index (χ2n) is 8.70. The van der Waals surface area contributed by atoms with Gasteiger partial charge in [0.05, 0.1) is 29.7 Å². The lowest BCUT2D eigenvalue weighted by Crippen LogP contribution is -2.35. The van der Waals surface area contributed by atoms with E-state index in [1.54, 1.807) is 45.5 Å². The fourth-order valence-corrected chi connectivity index (χ4v) is 3.45. The molecular weight excluding hydrogens is 434 g/mol.